The number of thiophene rings is 1. The van der Waals surface area contributed by atoms with Crippen LogP contribution in [0.1, 0.15) is 16.0 Å². The largest absolute Gasteiger partial charge is 0.353 e. The highest BCUT2D eigenvalue weighted by Crippen LogP contribution is 2.15. The van der Waals surface area contributed by atoms with Crippen LogP contribution < -0.4 is 10.6 Å². The van der Waals surface area contributed by atoms with Crippen LogP contribution in [0.5, 0.6) is 0 Å². The summed E-state index contributed by atoms with van der Waals surface area (Å²) in [6.45, 7) is 1.96. The van der Waals surface area contributed by atoms with Crippen molar-refractivity contribution in [2.24, 2.45) is 0 Å². The van der Waals surface area contributed by atoms with Crippen LogP contribution in [0.3, 0.4) is 0 Å². The fraction of sp³-hybridized carbons (Fsp3) is 0.182. The van der Waals surface area contributed by atoms with Gasteiger partial charge >= 0.3 is 0 Å². The van der Waals surface area contributed by atoms with Crippen LogP contribution in [0.4, 0.5) is 0 Å². The molecule has 0 saturated carbocycles. The van der Waals surface area contributed by atoms with E-state index in [9.17, 15) is 4.79 Å². The Bertz CT molecular complexity index is 915. The minimum Gasteiger partial charge on any atom is -0.353 e. The maximum atomic E-state index is 12.2. The van der Waals surface area contributed by atoms with Crippen molar-refractivity contribution in [2.45, 2.75) is 19.6 Å². The third-order valence-electron chi connectivity index (χ3n) is 4.23. The van der Waals surface area contributed by atoms with Gasteiger partial charge in [0.1, 0.15) is 0 Å². The van der Waals surface area contributed by atoms with Gasteiger partial charge in [0.2, 0.25) is 5.91 Å². The van der Waals surface area contributed by atoms with Crippen LogP contribution in [0.2, 0.25) is 5.02 Å². The van der Waals surface area contributed by atoms with E-state index in [4.69, 9.17) is 23.8 Å². The average Bonchev–Trinajstić information content (AvgIpc) is 3.25. The molecule has 0 aliphatic rings. The molecule has 0 saturated heterocycles. The first-order valence-corrected chi connectivity index (χ1v) is 10.9. The Morgan fingerprint density at radius 3 is 2.38 bits per heavy atom. The predicted molar refractivity (Wildman–Crippen MR) is 124 cm³/mol. The van der Waals surface area contributed by atoms with Crippen LogP contribution in [0.15, 0.2) is 72.1 Å². The lowest BCUT2D eigenvalue weighted by Gasteiger charge is -2.25. The summed E-state index contributed by atoms with van der Waals surface area (Å²) in [6, 6.07) is 21.7. The minimum atomic E-state index is -0.113. The Hall–Kier alpha value is -2.41. The monoisotopic (exact) mass is 443 g/mol. The van der Waals surface area contributed by atoms with Crippen molar-refractivity contribution < 1.29 is 4.79 Å². The summed E-state index contributed by atoms with van der Waals surface area (Å²) < 4.78 is 0. The molecule has 0 unspecified atom stereocenters. The predicted octanol–water partition coefficient (Wildman–Crippen LogP) is 4.59. The first kappa shape index (κ1) is 21.3. The first-order valence-electron chi connectivity index (χ1n) is 9.20. The Morgan fingerprint density at radius 2 is 1.69 bits per heavy atom. The van der Waals surface area contributed by atoms with Crippen molar-refractivity contribution in [3.8, 4) is 0 Å². The Morgan fingerprint density at radius 1 is 0.931 bits per heavy atom. The molecule has 2 aromatic carbocycles. The molecule has 1 amide bonds. The van der Waals surface area contributed by atoms with Crippen molar-refractivity contribution in [1.29, 1.82) is 0 Å². The second kappa shape index (κ2) is 11.0. The standard InChI is InChI=1S/C22H22ClN3OS2/c23-19-10-8-17(9-11-19)13-24-21(27)14-25-22(28)26(16-20-7-4-12-29-20)15-18-5-2-1-3-6-18/h1-12H,13-16H2,(H,24,27)(H,25,28). The molecular formula is C22H22ClN3OS2. The molecule has 1 heterocycles. The molecule has 3 rings (SSSR count). The van der Waals surface area contributed by atoms with Gasteiger partial charge in [-0.2, -0.15) is 0 Å². The molecule has 3 aromatic rings. The summed E-state index contributed by atoms with van der Waals surface area (Å²) in [4.78, 5) is 15.5. The molecule has 7 heteroatoms. The summed E-state index contributed by atoms with van der Waals surface area (Å²) in [6.07, 6.45) is 0. The van der Waals surface area contributed by atoms with Gasteiger partial charge in [-0.3, -0.25) is 4.79 Å². The number of halogens is 1. The average molecular weight is 444 g/mol. The molecule has 29 heavy (non-hydrogen) atoms. The third kappa shape index (κ3) is 7.16. The van der Waals surface area contributed by atoms with Crippen LogP contribution in [0.25, 0.3) is 0 Å². The molecule has 0 bridgehead atoms. The number of carbonyl (C=O) groups is 1. The lowest BCUT2D eigenvalue weighted by Crippen LogP contribution is -2.43. The van der Waals surface area contributed by atoms with E-state index >= 15 is 0 Å². The zero-order chi connectivity index (χ0) is 20.5. The molecule has 0 radical (unpaired) electrons. The summed E-state index contributed by atoms with van der Waals surface area (Å²) in [5.41, 5.74) is 2.16. The van der Waals surface area contributed by atoms with Gasteiger partial charge in [-0.15, -0.1) is 11.3 Å². The summed E-state index contributed by atoms with van der Waals surface area (Å²) in [5.74, 6) is -0.113. The van der Waals surface area contributed by atoms with E-state index in [-0.39, 0.29) is 12.5 Å². The molecule has 150 valence electrons. The zero-order valence-corrected chi connectivity index (χ0v) is 18.2. The Balaban J connectivity index is 1.52. The maximum Gasteiger partial charge on any atom is 0.239 e. The molecule has 4 nitrogen and oxygen atoms in total. The van der Waals surface area contributed by atoms with E-state index < -0.39 is 0 Å². The third-order valence-corrected chi connectivity index (χ3v) is 5.75. The molecule has 2 N–H and O–H groups in total. The van der Waals surface area contributed by atoms with Crippen molar-refractivity contribution >= 4 is 46.2 Å². The SMILES string of the molecule is O=C(CNC(=S)N(Cc1ccccc1)Cc1cccs1)NCc1ccc(Cl)cc1. The fourth-order valence-corrected chi connectivity index (χ4v) is 3.77. The number of carbonyl (C=O) groups excluding carboxylic acids is 1. The van der Waals surface area contributed by atoms with E-state index in [1.807, 2.05) is 48.5 Å². The number of thiocarbonyl (C=S) groups is 1. The van der Waals surface area contributed by atoms with E-state index in [0.29, 0.717) is 29.8 Å². The minimum absolute atomic E-state index is 0.113. The second-order valence-corrected chi connectivity index (χ2v) is 8.34. The molecule has 0 aliphatic heterocycles. The quantitative estimate of drug-likeness (QED) is 0.499. The number of hydrogen-bond donors (Lipinski definition) is 2. The van der Waals surface area contributed by atoms with Crippen LogP contribution in [0, 0.1) is 0 Å². The van der Waals surface area contributed by atoms with Gasteiger partial charge in [0.15, 0.2) is 5.11 Å². The molecule has 0 fully saturated rings. The molecule has 0 spiro atoms. The molecule has 0 aliphatic carbocycles. The van der Waals surface area contributed by atoms with E-state index in [1.54, 1.807) is 11.3 Å². The number of benzene rings is 2. The summed E-state index contributed by atoms with van der Waals surface area (Å²) >= 11 is 13.2. The fourth-order valence-electron chi connectivity index (χ4n) is 2.73. The number of nitrogens with zero attached hydrogens (tertiary/aromatic N) is 1. The number of rotatable bonds is 8. The second-order valence-electron chi connectivity index (χ2n) is 6.48. The van der Waals surface area contributed by atoms with Gasteiger partial charge in [0.05, 0.1) is 13.1 Å². The van der Waals surface area contributed by atoms with E-state index in [0.717, 1.165) is 5.56 Å². The van der Waals surface area contributed by atoms with Crippen molar-refractivity contribution in [1.82, 2.24) is 15.5 Å². The summed E-state index contributed by atoms with van der Waals surface area (Å²) in [7, 11) is 0. The van der Waals surface area contributed by atoms with E-state index in [2.05, 4.69) is 39.1 Å². The highest BCUT2D eigenvalue weighted by Gasteiger charge is 2.13. The van der Waals surface area contributed by atoms with Gasteiger partial charge in [-0.25, -0.2) is 0 Å². The van der Waals surface area contributed by atoms with Crippen molar-refractivity contribution in [3.63, 3.8) is 0 Å². The molecular weight excluding hydrogens is 422 g/mol. The smallest absolute Gasteiger partial charge is 0.239 e. The zero-order valence-electron chi connectivity index (χ0n) is 15.8. The van der Waals surface area contributed by atoms with Gasteiger partial charge in [-0.05, 0) is 46.9 Å². The number of nitrogens with one attached hydrogen (secondary N) is 2. The van der Waals surface area contributed by atoms with Gasteiger partial charge in [-0.1, -0.05) is 60.1 Å². The van der Waals surface area contributed by atoms with Crippen LogP contribution >= 0.6 is 35.2 Å². The first-order chi connectivity index (χ1) is 14.1. The van der Waals surface area contributed by atoms with Crippen LogP contribution in [-0.2, 0) is 24.4 Å². The highest BCUT2D eigenvalue weighted by molar-refractivity contribution is 7.80. The molecule has 0 atom stereocenters. The number of amides is 1. The lowest BCUT2D eigenvalue weighted by atomic mass is 10.2. The van der Waals surface area contributed by atoms with Crippen LogP contribution in [-0.4, -0.2) is 22.5 Å². The highest BCUT2D eigenvalue weighted by atomic mass is 35.5. The van der Waals surface area contributed by atoms with Crippen molar-refractivity contribution in [3.05, 3.63) is 93.1 Å². The summed E-state index contributed by atoms with van der Waals surface area (Å²) in [5, 5.41) is 9.27. The Labute approximate surface area is 185 Å². The Kier molecular flexibility index (Phi) is 8.04. The van der Waals surface area contributed by atoms with Crippen molar-refractivity contribution in [2.75, 3.05) is 6.54 Å². The van der Waals surface area contributed by atoms with Gasteiger partial charge < -0.3 is 15.5 Å². The topological polar surface area (TPSA) is 44.4 Å². The number of hydrogen-bond acceptors (Lipinski definition) is 3. The van der Waals surface area contributed by atoms with Gasteiger partial charge in [0.25, 0.3) is 0 Å². The lowest BCUT2D eigenvalue weighted by molar-refractivity contribution is -0.120. The van der Waals surface area contributed by atoms with E-state index in [1.165, 1.54) is 10.4 Å². The maximum absolute atomic E-state index is 12.2. The normalized spacial score (nSPS) is 10.4. The molecule has 1 aromatic heterocycles. The van der Waals surface area contributed by atoms with Gasteiger partial charge in [0, 0.05) is 23.0 Å².